The van der Waals surface area contributed by atoms with E-state index in [1.165, 1.54) is 5.56 Å². The molecule has 3 heterocycles. The molecule has 9 nitrogen and oxygen atoms in total. The number of furan rings is 1. The summed E-state index contributed by atoms with van der Waals surface area (Å²) in [5, 5.41) is 0. The number of piperazine rings is 1. The van der Waals surface area contributed by atoms with Crippen LogP contribution in [-0.4, -0.2) is 67.8 Å². The molecule has 0 aliphatic carbocycles. The van der Waals surface area contributed by atoms with E-state index in [0.717, 1.165) is 48.0 Å². The quantitative estimate of drug-likeness (QED) is 0.239. The number of fused-ring (bicyclic) bond motifs is 1. The Morgan fingerprint density at radius 1 is 0.744 bits per heavy atom. The van der Waals surface area contributed by atoms with E-state index >= 15 is 0 Å². The molecule has 4 aromatic rings. The molecule has 0 saturated carbocycles. The predicted octanol–water partition coefficient (Wildman–Crippen LogP) is 5.19. The highest BCUT2D eigenvalue weighted by Gasteiger charge is 2.25. The van der Waals surface area contributed by atoms with Crippen molar-refractivity contribution in [1.29, 1.82) is 0 Å². The van der Waals surface area contributed by atoms with Crippen LogP contribution in [0, 0.1) is 0 Å². The van der Waals surface area contributed by atoms with E-state index < -0.39 is 0 Å². The van der Waals surface area contributed by atoms with Crippen molar-refractivity contribution in [3.8, 4) is 23.0 Å². The summed E-state index contributed by atoms with van der Waals surface area (Å²) in [6.45, 7) is 5.94. The monoisotopic (exact) mass is 583 g/mol. The first-order valence-corrected chi connectivity index (χ1v) is 14.5. The smallest absolute Gasteiger partial charge is 0.289 e. The lowest BCUT2D eigenvalue weighted by atomic mass is 10.1. The molecule has 0 radical (unpaired) electrons. The van der Waals surface area contributed by atoms with Crippen LogP contribution in [0.3, 0.4) is 0 Å². The largest absolute Gasteiger partial charge is 0.493 e. The van der Waals surface area contributed by atoms with Crippen molar-refractivity contribution in [2.75, 3.05) is 47.2 Å². The average molecular weight is 584 g/mol. The number of methoxy groups -OCH3 is 2. The van der Waals surface area contributed by atoms with Crippen molar-refractivity contribution in [3.05, 3.63) is 107 Å². The topological polar surface area (TPSA) is 76.9 Å². The number of ether oxygens (including phenoxy) is 4. The van der Waals surface area contributed by atoms with Crippen molar-refractivity contribution in [1.82, 2.24) is 14.7 Å². The van der Waals surface area contributed by atoms with Crippen molar-refractivity contribution in [3.63, 3.8) is 0 Å². The predicted molar refractivity (Wildman–Crippen MR) is 161 cm³/mol. The minimum Gasteiger partial charge on any atom is -0.493 e. The second-order valence-electron chi connectivity index (χ2n) is 10.8. The van der Waals surface area contributed by atoms with Crippen LogP contribution in [0.4, 0.5) is 0 Å². The van der Waals surface area contributed by atoms with E-state index in [-0.39, 0.29) is 12.7 Å². The molecule has 1 saturated heterocycles. The van der Waals surface area contributed by atoms with E-state index in [1.54, 1.807) is 20.3 Å². The van der Waals surface area contributed by atoms with Crippen molar-refractivity contribution < 1.29 is 28.2 Å². The van der Waals surface area contributed by atoms with Crippen molar-refractivity contribution in [2.45, 2.75) is 26.2 Å². The zero-order valence-electron chi connectivity index (χ0n) is 24.7. The number of amides is 1. The van der Waals surface area contributed by atoms with Gasteiger partial charge >= 0.3 is 0 Å². The fraction of sp³-hybridized carbons (Fsp3) is 0.324. The Bertz CT molecular complexity index is 1530. The third kappa shape index (κ3) is 6.96. The Kier molecular flexibility index (Phi) is 8.81. The molecule has 1 aromatic heterocycles. The third-order valence-corrected chi connectivity index (χ3v) is 7.86. The number of carbonyl (C=O) groups is 1. The molecule has 0 N–H and O–H groups in total. The molecule has 6 rings (SSSR count). The first-order chi connectivity index (χ1) is 21.1. The van der Waals surface area contributed by atoms with E-state index in [9.17, 15) is 4.79 Å². The van der Waals surface area contributed by atoms with Gasteiger partial charge in [-0.15, -0.1) is 0 Å². The van der Waals surface area contributed by atoms with Gasteiger partial charge in [0.05, 0.1) is 20.8 Å². The van der Waals surface area contributed by atoms with Crippen LogP contribution in [0.1, 0.15) is 33.0 Å². The Labute approximate surface area is 252 Å². The summed E-state index contributed by atoms with van der Waals surface area (Å²) < 4.78 is 28.2. The standard InChI is InChI=1S/C34H37N3O6/c1-39-29-11-8-26(18-32(29)40-2)21-36(22-27-9-12-30-33(19-27)42-24-41-30)23-28-10-13-31(43-28)34(38)37-16-14-35(15-17-37)20-25-6-4-3-5-7-25/h3-13,18-19H,14-17,20-24H2,1-2H3. The fourth-order valence-electron chi connectivity index (χ4n) is 5.61. The highest BCUT2D eigenvalue weighted by molar-refractivity contribution is 5.91. The lowest BCUT2D eigenvalue weighted by Gasteiger charge is -2.34. The first kappa shape index (κ1) is 28.6. The lowest BCUT2D eigenvalue weighted by Crippen LogP contribution is -2.48. The molecular weight excluding hydrogens is 546 g/mol. The van der Waals surface area contributed by atoms with Crippen LogP contribution in [0.15, 0.2) is 83.3 Å². The molecule has 3 aromatic carbocycles. The highest BCUT2D eigenvalue weighted by atomic mass is 16.7. The zero-order valence-corrected chi connectivity index (χ0v) is 24.7. The van der Waals surface area contributed by atoms with Gasteiger partial charge in [-0.1, -0.05) is 42.5 Å². The van der Waals surface area contributed by atoms with E-state index in [0.29, 0.717) is 50.0 Å². The molecule has 1 fully saturated rings. The van der Waals surface area contributed by atoms with Crippen LogP contribution in [-0.2, 0) is 26.2 Å². The molecule has 224 valence electrons. The van der Waals surface area contributed by atoms with Gasteiger partial charge in [-0.2, -0.15) is 0 Å². The van der Waals surface area contributed by atoms with Crippen LogP contribution in [0.2, 0.25) is 0 Å². The van der Waals surface area contributed by atoms with Gasteiger partial charge in [-0.05, 0) is 53.1 Å². The molecule has 2 aliphatic heterocycles. The highest BCUT2D eigenvalue weighted by Crippen LogP contribution is 2.33. The number of benzene rings is 3. The summed E-state index contributed by atoms with van der Waals surface area (Å²) >= 11 is 0. The molecule has 0 bridgehead atoms. The maximum Gasteiger partial charge on any atom is 0.289 e. The molecule has 0 spiro atoms. The SMILES string of the molecule is COc1ccc(CN(Cc2ccc3c(c2)OCO3)Cc2ccc(C(=O)N3CCN(Cc4ccccc4)CC3)o2)cc1OC. The molecular formula is C34H37N3O6. The summed E-state index contributed by atoms with van der Waals surface area (Å²) in [4.78, 5) is 19.9. The van der Waals surface area contributed by atoms with Gasteiger partial charge in [0, 0.05) is 45.8 Å². The molecule has 0 atom stereocenters. The minimum atomic E-state index is -0.0622. The maximum atomic E-state index is 13.3. The lowest BCUT2D eigenvalue weighted by molar-refractivity contribution is 0.0594. The minimum absolute atomic E-state index is 0.0622. The maximum absolute atomic E-state index is 13.3. The van der Waals surface area contributed by atoms with Crippen LogP contribution in [0.25, 0.3) is 0 Å². The number of carbonyl (C=O) groups excluding carboxylic acids is 1. The summed E-state index contributed by atoms with van der Waals surface area (Å²) in [5.74, 6) is 3.91. The zero-order chi connectivity index (χ0) is 29.6. The molecule has 1 amide bonds. The molecule has 2 aliphatic rings. The number of hydrogen-bond acceptors (Lipinski definition) is 8. The second kappa shape index (κ2) is 13.2. The van der Waals surface area contributed by atoms with Gasteiger partial charge in [-0.25, -0.2) is 0 Å². The van der Waals surface area contributed by atoms with E-state index in [4.69, 9.17) is 23.4 Å². The fourth-order valence-corrected chi connectivity index (χ4v) is 5.61. The van der Waals surface area contributed by atoms with Gasteiger partial charge in [0.25, 0.3) is 5.91 Å². The Morgan fingerprint density at radius 3 is 2.23 bits per heavy atom. The second-order valence-corrected chi connectivity index (χ2v) is 10.8. The summed E-state index contributed by atoms with van der Waals surface area (Å²) in [6.07, 6.45) is 0. The van der Waals surface area contributed by atoms with Crippen LogP contribution < -0.4 is 18.9 Å². The van der Waals surface area contributed by atoms with Gasteiger partial charge in [0.15, 0.2) is 28.8 Å². The average Bonchev–Trinajstić information content (AvgIpc) is 3.71. The van der Waals surface area contributed by atoms with Crippen LogP contribution >= 0.6 is 0 Å². The van der Waals surface area contributed by atoms with Gasteiger partial charge in [-0.3, -0.25) is 14.6 Å². The van der Waals surface area contributed by atoms with E-state index in [1.807, 2.05) is 53.4 Å². The Morgan fingerprint density at radius 2 is 1.47 bits per heavy atom. The summed E-state index contributed by atoms with van der Waals surface area (Å²) in [5.41, 5.74) is 3.44. The Balaban J connectivity index is 1.13. The number of nitrogens with zero attached hydrogens (tertiary/aromatic N) is 3. The van der Waals surface area contributed by atoms with Gasteiger partial charge in [0.2, 0.25) is 6.79 Å². The van der Waals surface area contributed by atoms with Gasteiger partial charge in [0.1, 0.15) is 5.76 Å². The molecule has 0 unspecified atom stereocenters. The normalized spacial score (nSPS) is 14.7. The Hall–Kier alpha value is -4.47. The molecule has 43 heavy (non-hydrogen) atoms. The first-order valence-electron chi connectivity index (χ1n) is 14.5. The van der Waals surface area contributed by atoms with Gasteiger partial charge < -0.3 is 28.3 Å². The summed E-state index contributed by atoms with van der Waals surface area (Å²) in [7, 11) is 3.26. The van der Waals surface area contributed by atoms with Crippen LogP contribution in [0.5, 0.6) is 23.0 Å². The van der Waals surface area contributed by atoms with E-state index in [2.05, 4.69) is 34.1 Å². The molecule has 9 heteroatoms. The summed E-state index contributed by atoms with van der Waals surface area (Å²) in [6, 6.07) is 26.1. The number of rotatable bonds is 11. The number of hydrogen-bond donors (Lipinski definition) is 0. The van der Waals surface area contributed by atoms with Crippen molar-refractivity contribution >= 4 is 5.91 Å². The third-order valence-electron chi connectivity index (χ3n) is 7.86. The van der Waals surface area contributed by atoms with Crippen molar-refractivity contribution in [2.24, 2.45) is 0 Å².